The highest BCUT2D eigenvalue weighted by Gasteiger charge is 2.71. The van der Waals surface area contributed by atoms with E-state index in [0.717, 1.165) is 24.8 Å². The minimum absolute atomic E-state index is 0.0249. The van der Waals surface area contributed by atoms with E-state index in [4.69, 9.17) is 23.7 Å². The van der Waals surface area contributed by atoms with Crippen molar-refractivity contribution in [2.24, 2.45) is 28.6 Å². The summed E-state index contributed by atoms with van der Waals surface area (Å²) in [5, 5.41) is 87.1. The van der Waals surface area contributed by atoms with Crippen molar-refractivity contribution in [2.45, 2.75) is 151 Å². The molecule has 3 heterocycles. The normalized spacial score (nSPS) is 54.4. The molecule has 17 atom stereocenters. The number of ether oxygens (including phenoxy) is 5. The lowest BCUT2D eigenvalue weighted by Gasteiger charge is -2.66. The van der Waals surface area contributed by atoms with E-state index in [2.05, 4.69) is 6.92 Å². The minimum atomic E-state index is -1.62. The Labute approximate surface area is 285 Å². The summed E-state index contributed by atoms with van der Waals surface area (Å²) in [5.41, 5.74) is -2.49. The number of carbonyl (C=O) groups excluding carboxylic acids is 1. The summed E-state index contributed by atoms with van der Waals surface area (Å²) in [4.78, 5) is 11.9. The predicted molar refractivity (Wildman–Crippen MR) is 167 cm³/mol. The number of hydrogen-bond donors (Lipinski definition) is 8. The van der Waals surface area contributed by atoms with Gasteiger partial charge in [-0.05, 0) is 81.6 Å². The largest absolute Gasteiger partial charge is 0.458 e. The van der Waals surface area contributed by atoms with Crippen LogP contribution in [0.4, 0.5) is 0 Å². The van der Waals surface area contributed by atoms with Gasteiger partial charge in [-0.25, -0.2) is 4.79 Å². The summed E-state index contributed by atoms with van der Waals surface area (Å²) in [6, 6.07) is 0. The first-order valence-corrected chi connectivity index (χ1v) is 18.1. The number of aliphatic hydroxyl groups is 8. The molecule has 4 aliphatic carbocycles. The molecule has 4 saturated carbocycles. The van der Waals surface area contributed by atoms with Gasteiger partial charge in [-0.2, -0.15) is 0 Å². The maximum atomic E-state index is 12.5. The van der Waals surface area contributed by atoms with Crippen molar-refractivity contribution in [3.8, 4) is 0 Å². The van der Waals surface area contributed by atoms with E-state index in [-0.39, 0.29) is 49.8 Å². The van der Waals surface area contributed by atoms with Gasteiger partial charge < -0.3 is 64.5 Å². The Morgan fingerprint density at radius 3 is 2.33 bits per heavy atom. The van der Waals surface area contributed by atoms with Crippen LogP contribution in [0.1, 0.15) is 78.1 Å². The standard InChI is InChI=1S/C35H54O14/c1-17-30(49-31-29(42)28(41)27(40)24(14-36)48-31)23(38)12-26(46-17)47-19-3-8-33(16-37)21-4-7-32(2)20(18-11-25(39)45-15-18)6-10-35(32,44)22(21)5-9-34(33,43)13-19/h11,17,19-24,26-31,36-38,40-44H,3-10,12-16H2,1-2H3/t17-,19+,20-,21+,22-,23-,24-,26+,27-,28+,29-,30-,31+,32+,33-,34-,35-/m0/s1. The minimum Gasteiger partial charge on any atom is -0.458 e. The third kappa shape index (κ3) is 5.56. The number of hydrogen-bond acceptors (Lipinski definition) is 14. The Morgan fingerprint density at radius 2 is 1.65 bits per heavy atom. The molecule has 0 spiro atoms. The molecule has 0 radical (unpaired) electrons. The molecular formula is C35H54O14. The summed E-state index contributed by atoms with van der Waals surface area (Å²) < 4.78 is 28.9. The number of cyclic esters (lactones) is 1. The van der Waals surface area contributed by atoms with Gasteiger partial charge in [-0.1, -0.05) is 6.92 Å². The van der Waals surface area contributed by atoms with Gasteiger partial charge in [-0.15, -0.1) is 0 Å². The van der Waals surface area contributed by atoms with E-state index in [1.165, 1.54) is 0 Å². The fourth-order valence-electron chi connectivity index (χ4n) is 11.5. The molecule has 0 bridgehead atoms. The first-order chi connectivity index (χ1) is 23.2. The molecule has 3 aliphatic heterocycles. The molecule has 0 aromatic carbocycles. The smallest absolute Gasteiger partial charge is 0.331 e. The highest BCUT2D eigenvalue weighted by atomic mass is 16.7. The van der Waals surface area contributed by atoms with Gasteiger partial charge in [0.1, 0.15) is 37.1 Å². The van der Waals surface area contributed by atoms with Gasteiger partial charge in [-0.3, -0.25) is 0 Å². The lowest BCUT2D eigenvalue weighted by molar-refractivity contribution is -0.346. The zero-order chi connectivity index (χ0) is 35.1. The highest BCUT2D eigenvalue weighted by Crippen LogP contribution is 2.70. The molecule has 14 heteroatoms. The molecule has 8 N–H and O–H groups in total. The van der Waals surface area contributed by atoms with Crippen molar-refractivity contribution >= 4 is 5.97 Å². The van der Waals surface area contributed by atoms with Crippen LogP contribution in [0, 0.1) is 28.6 Å². The summed E-state index contributed by atoms with van der Waals surface area (Å²) in [6.07, 6.45) is -4.56. The molecule has 0 amide bonds. The Hall–Kier alpha value is -1.27. The van der Waals surface area contributed by atoms with Crippen LogP contribution in [0.3, 0.4) is 0 Å². The average molecular weight is 699 g/mol. The molecule has 6 fully saturated rings. The highest BCUT2D eigenvalue weighted by molar-refractivity contribution is 5.85. The molecular weight excluding hydrogens is 644 g/mol. The van der Waals surface area contributed by atoms with E-state index < -0.39 is 90.1 Å². The summed E-state index contributed by atoms with van der Waals surface area (Å²) in [5.74, 6) is -0.460. The van der Waals surface area contributed by atoms with E-state index in [1.54, 1.807) is 13.0 Å². The third-order valence-corrected chi connectivity index (χ3v) is 14.2. The van der Waals surface area contributed by atoms with Crippen molar-refractivity contribution in [3.05, 3.63) is 11.6 Å². The molecule has 14 nitrogen and oxygen atoms in total. The quantitative estimate of drug-likeness (QED) is 0.123. The number of rotatable bonds is 7. The van der Waals surface area contributed by atoms with E-state index >= 15 is 0 Å². The second-order valence-corrected chi connectivity index (χ2v) is 16.3. The van der Waals surface area contributed by atoms with Crippen LogP contribution in [0.15, 0.2) is 11.6 Å². The maximum absolute atomic E-state index is 12.5. The molecule has 0 aromatic rings. The summed E-state index contributed by atoms with van der Waals surface area (Å²) in [6.45, 7) is 3.28. The zero-order valence-corrected chi connectivity index (χ0v) is 28.3. The Balaban J connectivity index is 1.000. The van der Waals surface area contributed by atoms with Crippen LogP contribution in [0.25, 0.3) is 0 Å². The second kappa shape index (κ2) is 13.0. The summed E-state index contributed by atoms with van der Waals surface area (Å²) in [7, 11) is 0. The van der Waals surface area contributed by atoms with E-state index in [0.29, 0.717) is 32.1 Å². The molecule has 7 aliphatic rings. The van der Waals surface area contributed by atoms with Gasteiger partial charge in [0.15, 0.2) is 12.6 Å². The van der Waals surface area contributed by atoms with E-state index in [1.807, 2.05) is 0 Å². The van der Waals surface area contributed by atoms with Crippen LogP contribution in [-0.4, -0.2) is 139 Å². The first-order valence-electron chi connectivity index (χ1n) is 18.1. The molecule has 7 rings (SSSR count). The van der Waals surface area contributed by atoms with Crippen molar-refractivity contribution in [2.75, 3.05) is 19.8 Å². The molecule has 0 unspecified atom stereocenters. The van der Waals surface area contributed by atoms with Crippen molar-refractivity contribution in [1.82, 2.24) is 0 Å². The van der Waals surface area contributed by atoms with Crippen molar-refractivity contribution < 1.29 is 69.3 Å². The number of esters is 1. The lowest BCUT2D eigenvalue weighted by Crippen LogP contribution is -2.69. The number of carbonyl (C=O) groups is 1. The SMILES string of the molecule is C[C@@H]1O[C@H](O[C@@H]2CC[C@]3(CO)[C@@H]4CC[C@]5(C)[C@H](C6=CC(=O)OC6)CC[C@]5(O)[C@H]4CC[C@]3(O)C2)C[C@H](O)[C@H]1O[C@H]1O[C@@H](CO)[C@H](O)[C@@H](O)[C@@H]1O. The van der Waals surface area contributed by atoms with Gasteiger partial charge in [0.25, 0.3) is 0 Å². The molecule has 2 saturated heterocycles. The number of aliphatic hydroxyl groups excluding tert-OH is 6. The Morgan fingerprint density at radius 1 is 0.898 bits per heavy atom. The zero-order valence-electron chi connectivity index (χ0n) is 28.3. The molecule has 49 heavy (non-hydrogen) atoms. The molecule has 0 aromatic heterocycles. The van der Waals surface area contributed by atoms with Crippen LogP contribution in [0.2, 0.25) is 0 Å². The van der Waals surface area contributed by atoms with Crippen LogP contribution in [-0.2, 0) is 28.5 Å². The predicted octanol–water partition coefficient (Wildman–Crippen LogP) is -0.603. The van der Waals surface area contributed by atoms with Crippen LogP contribution >= 0.6 is 0 Å². The second-order valence-electron chi connectivity index (χ2n) is 16.3. The third-order valence-electron chi connectivity index (χ3n) is 14.2. The van der Waals surface area contributed by atoms with Crippen LogP contribution < -0.4 is 0 Å². The van der Waals surface area contributed by atoms with E-state index in [9.17, 15) is 45.6 Å². The van der Waals surface area contributed by atoms with Crippen LogP contribution in [0.5, 0.6) is 0 Å². The topological polar surface area (TPSA) is 225 Å². The molecule has 278 valence electrons. The van der Waals surface area contributed by atoms with Gasteiger partial charge >= 0.3 is 5.97 Å². The first kappa shape index (κ1) is 36.1. The van der Waals surface area contributed by atoms with Gasteiger partial charge in [0.2, 0.25) is 0 Å². The maximum Gasteiger partial charge on any atom is 0.331 e. The number of fused-ring (bicyclic) bond motifs is 5. The summed E-state index contributed by atoms with van der Waals surface area (Å²) >= 11 is 0. The van der Waals surface area contributed by atoms with Crippen molar-refractivity contribution in [1.29, 1.82) is 0 Å². The Kier molecular flexibility index (Phi) is 9.57. The van der Waals surface area contributed by atoms with Crippen molar-refractivity contribution in [3.63, 3.8) is 0 Å². The fourth-order valence-corrected chi connectivity index (χ4v) is 11.5. The van der Waals surface area contributed by atoms with Gasteiger partial charge in [0.05, 0.1) is 42.7 Å². The Bertz CT molecular complexity index is 1270. The fraction of sp³-hybridized carbons (Fsp3) is 0.914. The monoisotopic (exact) mass is 698 g/mol. The van der Waals surface area contributed by atoms with Gasteiger partial charge in [0, 0.05) is 29.7 Å². The average Bonchev–Trinajstić information content (AvgIpc) is 3.61. The lowest BCUT2D eigenvalue weighted by atomic mass is 9.41.